The molecule has 0 aliphatic rings. The first kappa shape index (κ1) is 15.0. The van der Waals surface area contributed by atoms with E-state index in [0.29, 0.717) is 10.6 Å². The van der Waals surface area contributed by atoms with Gasteiger partial charge in [0.1, 0.15) is 12.3 Å². The molecule has 0 heterocycles. The van der Waals surface area contributed by atoms with Crippen molar-refractivity contribution in [3.8, 4) is 0 Å². The Balaban J connectivity index is 2.53. The average Bonchev–Trinajstić information content (AvgIpc) is 2.37. The number of amides is 1. The number of nitrogens with two attached hydrogens (primary N) is 1. The van der Waals surface area contributed by atoms with Gasteiger partial charge in [-0.1, -0.05) is 11.6 Å². The second-order valence-corrected chi connectivity index (χ2v) is 3.97. The zero-order valence-corrected chi connectivity index (χ0v) is 11.1. The van der Waals surface area contributed by atoms with Crippen molar-refractivity contribution in [2.75, 3.05) is 6.61 Å². The van der Waals surface area contributed by atoms with Gasteiger partial charge in [0.05, 0.1) is 6.61 Å². The van der Waals surface area contributed by atoms with Gasteiger partial charge in [-0.05, 0) is 31.2 Å². The van der Waals surface area contributed by atoms with Gasteiger partial charge in [0, 0.05) is 10.6 Å². The van der Waals surface area contributed by atoms with E-state index in [4.69, 9.17) is 22.1 Å². The third-order valence-electron chi connectivity index (χ3n) is 2.04. The van der Waals surface area contributed by atoms with Crippen LogP contribution in [0.2, 0.25) is 5.02 Å². The number of carbonyl (C=O) groups excluding carboxylic acids is 2. The maximum Gasteiger partial charge on any atom is 0.313 e. The van der Waals surface area contributed by atoms with Gasteiger partial charge in [0.25, 0.3) is 5.91 Å². The Labute approximate surface area is 115 Å². The predicted molar refractivity (Wildman–Crippen MR) is 71.8 cm³/mol. The number of hydrogen-bond acceptors (Lipinski definition) is 4. The lowest BCUT2D eigenvalue weighted by Crippen LogP contribution is -2.25. The SMILES string of the molecule is CCOC(=O)C/C(N)=N/NC(=O)c1ccc(Cl)cc1. The molecule has 0 radical (unpaired) electrons. The number of benzene rings is 1. The van der Waals surface area contributed by atoms with Crippen LogP contribution in [0.1, 0.15) is 23.7 Å². The van der Waals surface area contributed by atoms with Gasteiger partial charge in [-0.25, -0.2) is 5.43 Å². The summed E-state index contributed by atoms with van der Waals surface area (Å²) in [4.78, 5) is 22.7. The van der Waals surface area contributed by atoms with E-state index in [1.54, 1.807) is 31.2 Å². The number of halogens is 1. The largest absolute Gasteiger partial charge is 0.466 e. The van der Waals surface area contributed by atoms with E-state index in [-0.39, 0.29) is 18.9 Å². The number of nitrogens with one attached hydrogen (secondary N) is 1. The summed E-state index contributed by atoms with van der Waals surface area (Å²) < 4.78 is 4.69. The van der Waals surface area contributed by atoms with Crippen LogP contribution >= 0.6 is 11.6 Å². The lowest BCUT2D eigenvalue weighted by Gasteiger charge is -2.03. The van der Waals surface area contributed by atoms with Crippen molar-refractivity contribution in [1.82, 2.24) is 5.43 Å². The summed E-state index contributed by atoms with van der Waals surface area (Å²) in [6, 6.07) is 6.27. The summed E-state index contributed by atoms with van der Waals surface area (Å²) in [6.45, 7) is 1.96. The lowest BCUT2D eigenvalue weighted by atomic mass is 10.2. The second kappa shape index (κ2) is 7.38. The highest BCUT2D eigenvalue weighted by molar-refractivity contribution is 6.30. The fourth-order valence-electron chi connectivity index (χ4n) is 1.19. The van der Waals surface area contributed by atoms with Crippen molar-refractivity contribution in [3.05, 3.63) is 34.9 Å². The molecule has 1 aromatic rings. The van der Waals surface area contributed by atoms with Gasteiger partial charge in [-0.2, -0.15) is 5.10 Å². The number of hydrogen-bond donors (Lipinski definition) is 2. The Morgan fingerprint density at radius 1 is 1.37 bits per heavy atom. The average molecular weight is 284 g/mol. The Kier molecular flexibility index (Phi) is 5.81. The molecule has 102 valence electrons. The maximum absolute atomic E-state index is 11.6. The van der Waals surface area contributed by atoms with Crippen LogP contribution < -0.4 is 11.2 Å². The molecule has 3 N–H and O–H groups in total. The molecule has 0 atom stereocenters. The Morgan fingerprint density at radius 2 is 2.00 bits per heavy atom. The topological polar surface area (TPSA) is 93.8 Å². The molecule has 0 saturated carbocycles. The van der Waals surface area contributed by atoms with Crippen molar-refractivity contribution in [1.29, 1.82) is 0 Å². The van der Waals surface area contributed by atoms with Crippen LogP contribution in [0.3, 0.4) is 0 Å². The highest BCUT2D eigenvalue weighted by Gasteiger charge is 2.07. The number of ether oxygens (including phenoxy) is 1. The Hall–Kier alpha value is -2.08. The summed E-state index contributed by atoms with van der Waals surface area (Å²) in [5.41, 5.74) is 8.09. The van der Waals surface area contributed by atoms with E-state index >= 15 is 0 Å². The molecule has 19 heavy (non-hydrogen) atoms. The Morgan fingerprint density at radius 3 is 2.58 bits per heavy atom. The molecule has 0 aliphatic carbocycles. The summed E-state index contributed by atoms with van der Waals surface area (Å²) in [5.74, 6) is -0.964. The van der Waals surface area contributed by atoms with Crippen molar-refractivity contribution in [2.45, 2.75) is 13.3 Å². The molecule has 0 fully saturated rings. The molecule has 0 spiro atoms. The fraction of sp³-hybridized carbons (Fsp3) is 0.250. The van der Waals surface area contributed by atoms with E-state index in [0.717, 1.165) is 0 Å². The highest BCUT2D eigenvalue weighted by Crippen LogP contribution is 2.09. The molecular weight excluding hydrogens is 270 g/mol. The first-order valence-electron chi connectivity index (χ1n) is 5.56. The summed E-state index contributed by atoms with van der Waals surface area (Å²) in [5, 5.41) is 4.14. The number of esters is 1. The van der Waals surface area contributed by atoms with Crippen LogP contribution in [0.25, 0.3) is 0 Å². The van der Waals surface area contributed by atoms with Crippen molar-refractivity contribution >= 4 is 29.3 Å². The second-order valence-electron chi connectivity index (χ2n) is 3.53. The van der Waals surface area contributed by atoms with Crippen molar-refractivity contribution in [2.24, 2.45) is 10.8 Å². The normalized spacial score (nSPS) is 10.9. The van der Waals surface area contributed by atoms with Crippen LogP contribution in [-0.4, -0.2) is 24.3 Å². The summed E-state index contributed by atoms with van der Waals surface area (Å²) in [6.07, 6.45) is -0.172. The molecular formula is C12H14ClN3O3. The number of amidine groups is 1. The van der Waals surface area contributed by atoms with E-state index in [1.807, 2.05) is 0 Å². The van der Waals surface area contributed by atoms with Crippen LogP contribution in [-0.2, 0) is 9.53 Å². The van der Waals surface area contributed by atoms with Gasteiger partial charge >= 0.3 is 5.97 Å². The molecule has 0 aliphatic heterocycles. The molecule has 0 saturated heterocycles. The zero-order chi connectivity index (χ0) is 14.3. The van der Waals surface area contributed by atoms with Gasteiger partial charge in [0.2, 0.25) is 0 Å². The molecule has 0 unspecified atom stereocenters. The highest BCUT2D eigenvalue weighted by atomic mass is 35.5. The molecule has 1 aromatic carbocycles. The van der Waals surface area contributed by atoms with Gasteiger partial charge < -0.3 is 10.5 Å². The molecule has 1 rings (SSSR count). The third-order valence-corrected chi connectivity index (χ3v) is 2.29. The van der Waals surface area contributed by atoms with Crippen molar-refractivity contribution in [3.63, 3.8) is 0 Å². The fourth-order valence-corrected chi connectivity index (χ4v) is 1.31. The maximum atomic E-state index is 11.6. The molecule has 1 amide bonds. The minimum Gasteiger partial charge on any atom is -0.466 e. The Bertz CT molecular complexity index is 485. The molecule has 0 aromatic heterocycles. The lowest BCUT2D eigenvalue weighted by molar-refractivity contribution is -0.141. The number of rotatable bonds is 5. The van der Waals surface area contributed by atoms with Crippen LogP contribution in [0.4, 0.5) is 0 Å². The smallest absolute Gasteiger partial charge is 0.313 e. The van der Waals surface area contributed by atoms with Crippen LogP contribution in [0, 0.1) is 0 Å². The third kappa shape index (κ3) is 5.39. The standard InChI is InChI=1S/C12H14ClN3O3/c1-2-19-11(17)7-10(14)15-16-12(18)8-3-5-9(13)6-4-8/h3-6H,2,7H2,1H3,(H2,14,15)(H,16,18). The molecule has 0 bridgehead atoms. The minimum atomic E-state index is -0.496. The van der Waals surface area contributed by atoms with Gasteiger partial charge in [0.15, 0.2) is 0 Å². The number of nitrogens with zero attached hydrogens (tertiary/aromatic N) is 1. The molecule has 7 heteroatoms. The van der Waals surface area contributed by atoms with E-state index in [9.17, 15) is 9.59 Å². The van der Waals surface area contributed by atoms with E-state index < -0.39 is 11.9 Å². The van der Waals surface area contributed by atoms with Gasteiger partial charge in [-0.3, -0.25) is 9.59 Å². The zero-order valence-electron chi connectivity index (χ0n) is 10.4. The van der Waals surface area contributed by atoms with Crippen LogP contribution in [0.5, 0.6) is 0 Å². The first-order chi connectivity index (χ1) is 9.02. The number of hydrazone groups is 1. The predicted octanol–water partition coefficient (Wildman–Crippen LogP) is 1.30. The van der Waals surface area contributed by atoms with Crippen molar-refractivity contribution < 1.29 is 14.3 Å². The summed E-state index contributed by atoms with van der Waals surface area (Å²) >= 11 is 5.70. The summed E-state index contributed by atoms with van der Waals surface area (Å²) in [7, 11) is 0. The quantitative estimate of drug-likeness (QED) is 0.368. The first-order valence-corrected chi connectivity index (χ1v) is 5.94. The van der Waals surface area contributed by atoms with Gasteiger partial charge in [-0.15, -0.1) is 0 Å². The van der Waals surface area contributed by atoms with E-state index in [1.165, 1.54) is 0 Å². The number of carbonyl (C=O) groups is 2. The van der Waals surface area contributed by atoms with E-state index in [2.05, 4.69) is 10.5 Å². The molecule has 6 nitrogen and oxygen atoms in total. The van der Waals surface area contributed by atoms with Crippen LogP contribution in [0.15, 0.2) is 29.4 Å². The minimum absolute atomic E-state index is 0.0271. The monoisotopic (exact) mass is 283 g/mol.